The van der Waals surface area contributed by atoms with Crippen LogP contribution in [0, 0.1) is 6.92 Å². The maximum Gasteiger partial charge on any atom is 0.158 e. The molecule has 5 heterocycles. The summed E-state index contributed by atoms with van der Waals surface area (Å²) in [5, 5.41) is 9.06. The highest BCUT2D eigenvalue weighted by molar-refractivity contribution is 7.18. The van der Waals surface area contributed by atoms with Gasteiger partial charge in [-0.15, -0.1) is 11.3 Å². The molecule has 27 heavy (non-hydrogen) atoms. The van der Waals surface area contributed by atoms with E-state index in [1.807, 2.05) is 15.9 Å². The molecule has 0 atom stereocenters. The Morgan fingerprint density at radius 2 is 2.07 bits per heavy atom. The molecule has 2 N–H and O–H groups in total. The lowest BCUT2D eigenvalue weighted by molar-refractivity contribution is 0.459. The van der Waals surface area contributed by atoms with Gasteiger partial charge >= 0.3 is 0 Å². The van der Waals surface area contributed by atoms with Crippen molar-refractivity contribution in [3.8, 4) is 11.3 Å². The zero-order chi connectivity index (χ0) is 18.5. The molecular formula is C20H24N6S. The first-order chi connectivity index (χ1) is 13.1. The molecule has 0 amide bonds. The SMILES string of the molecule is Cc1cc(-c2[nH]c3nc(C4CCNCC4)sc3c2C(C)C)cn2ncnc12. The van der Waals surface area contributed by atoms with E-state index >= 15 is 0 Å². The van der Waals surface area contributed by atoms with E-state index in [-0.39, 0.29) is 0 Å². The number of nitrogens with one attached hydrogen (secondary N) is 2. The van der Waals surface area contributed by atoms with Crippen molar-refractivity contribution in [2.75, 3.05) is 13.1 Å². The summed E-state index contributed by atoms with van der Waals surface area (Å²) in [6, 6.07) is 2.19. The lowest BCUT2D eigenvalue weighted by Gasteiger charge is -2.20. The van der Waals surface area contributed by atoms with Crippen molar-refractivity contribution in [3.05, 3.63) is 34.7 Å². The highest BCUT2D eigenvalue weighted by Crippen LogP contribution is 2.41. The molecule has 4 aromatic rings. The number of hydrogen-bond acceptors (Lipinski definition) is 5. The van der Waals surface area contributed by atoms with E-state index in [2.05, 4.69) is 53.4 Å². The monoisotopic (exact) mass is 380 g/mol. The topological polar surface area (TPSA) is 70.9 Å². The van der Waals surface area contributed by atoms with Crippen LogP contribution in [0.15, 0.2) is 18.6 Å². The van der Waals surface area contributed by atoms with Crippen molar-refractivity contribution in [1.82, 2.24) is 29.9 Å². The third-order valence-corrected chi connectivity index (χ3v) is 6.77. The molecule has 1 aliphatic heterocycles. The Balaban J connectivity index is 1.65. The molecule has 5 rings (SSSR count). The molecule has 140 valence electrons. The summed E-state index contributed by atoms with van der Waals surface area (Å²) < 4.78 is 3.17. The number of nitrogens with zero attached hydrogens (tertiary/aromatic N) is 4. The van der Waals surface area contributed by atoms with Gasteiger partial charge in [-0.05, 0) is 56.0 Å². The summed E-state index contributed by atoms with van der Waals surface area (Å²) in [4.78, 5) is 13.0. The van der Waals surface area contributed by atoms with E-state index in [0.717, 1.165) is 41.2 Å². The van der Waals surface area contributed by atoms with Crippen molar-refractivity contribution >= 4 is 27.3 Å². The molecule has 0 saturated carbocycles. The largest absolute Gasteiger partial charge is 0.338 e. The minimum Gasteiger partial charge on any atom is -0.338 e. The highest BCUT2D eigenvalue weighted by atomic mass is 32.1. The molecule has 0 bridgehead atoms. The molecule has 0 radical (unpaired) electrons. The van der Waals surface area contributed by atoms with Gasteiger partial charge < -0.3 is 10.3 Å². The van der Waals surface area contributed by atoms with E-state index < -0.39 is 0 Å². The minimum absolute atomic E-state index is 0.418. The number of hydrogen-bond donors (Lipinski definition) is 2. The van der Waals surface area contributed by atoms with Gasteiger partial charge in [0, 0.05) is 17.7 Å². The first-order valence-electron chi connectivity index (χ1n) is 9.65. The zero-order valence-electron chi connectivity index (χ0n) is 15.9. The van der Waals surface area contributed by atoms with Gasteiger partial charge in [0.25, 0.3) is 0 Å². The summed E-state index contributed by atoms with van der Waals surface area (Å²) in [6.07, 6.45) is 6.03. The molecule has 0 unspecified atom stereocenters. The average Bonchev–Trinajstić information content (AvgIpc) is 3.35. The van der Waals surface area contributed by atoms with Gasteiger partial charge in [-0.2, -0.15) is 5.10 Å². The van der Waals surface area contributed by atoms with Crippen LogP contribution in [-0.4, -0.2) is 37.7 Å². The van der Waals surface area contributed by atoms with Crippen LogP contribution in [0.3, 0.4) is 0 Å². The maximum atomic E-state index is 5.00. The standard InChI is InChI=1S/C20H24N6S/c1-11(2)15-16(14-8-12(3)19-22-10-23-26(19)9-14)24-18-17(15)27-20(25-18)13-4-6-21-7-5-13/h8-11,13,21,24H,4-7H2,1-3H3. The van der Waals surface area contributed by atoms with E-state index in [4.69, 9.17) is 4.98 Å². The predicted octanol–water partition coefficient (Wildman–Crippen LogP) is 4.23. The van der Waals surface area contributed by atoms with Crippen molar-refractivity contribution in [2.45, 2.75) is 45.4 Å². The Bertz CT molecular complexity index is 1110. The molecule has 4 aromatic heterocycles. The Morgan fingerprint density at radius 1 is 1.26 bits per heavy atom. The van der Waals surface area contributed by atoms with Gasteiger partial charge in [-0.1, -0.05) is 13.8 Å². The maximum absolute atomic E-state index is 5.00. The third kappa shape index (κ3) is 2.76. The molecule has 0 aromatic carbocycles. The van der Waals surface area contributed by atoms with Crippen LogP contribution in [0.1, 0.15) is 54.7 Å². The Hall–Kier alpha value is -2.25. The number of aromatic amines is 1. The second-order valence-electron chi connectivity index (χ2n) is 7.76. The number of rotatable bonds is 3. The smallest absolute Gasteiger partial charge is 0.158 e. The van der Waals surface area contributed by atoms with Gasteiger partial charge in [-0.25, -0.2) is 14.5 Å². The summed E-state index contributed by atoms with van der Waals surface area (Å²) in [5.41, 5.74) is 6.73. The summed E-state index contributed by atoms with van der Waals surface area (Å²) >= 11 is 1.88. The number of piperidine rings is 1. The average molecular weight is 381 g/mol. The van der Waals surface area contributed by atoms with Crippen LogP contribution >= 0.6 is 11.3 Å². The number of aromatic nitrogens is 5. The fourth-order valence-electron chi connectivity index (χ4n) is 4.16. The third-order valence-electron chi connectivity index (χ3n) is 5.51. The molecule has 1 aliphatic rings. The van der Waals surface area contributed by atoms with E-state index in [1.54, 1.807) is 6.33 Å². The van der Waals surface area contributed by atoms with Crippen LogP contribution in [-0.2, 0) is 0 Å². The number of H-pyrrole nitrogens is 1. The second-order valence-corrected chi connectivity index (χ2v) is 8.79. The Labute approximate surface area is 162 Å². The van der Waals surface area contributed by atoms with E-state index in [1.165, 1.54) is 28.1 Å². The summed E-state index contributed by atoms with van der Waals surface area (Å²) in [6.45, 7) is 8.80. The van der Waals surface area contributed by atoms with Gasteiger partial charge in [-0.3, -0.25) is 0 Å². The Kier molecular flexibility index (Phi) is 4.02. The first kappa shape index (κ1) is 16.9. The zero-order valence-corrected chi connectivity index (χ0v) is 16.7. The van der Waals surface area contributed by atoms with Crippen LogP contribution in [0.2, 0.25) is 0 Å². The second kappa shape index (κ2) is 6.42. The normalized spacial score (nSPS) is 16.1. The van der Waals surface area contributed by atoms with Gasteiger partial charge in [0.2, 0.25) is 0 Å². The highest BCUT2D eigenvalue weighted by Gasteiger charge is 2.24. The fraction of sp³-hybridized carbons (Fsp3) is 0.450. The first-order valence-corrected chi connectivity index (χ1v) is 10.5. The lowest BCUT2D eigenvalue weighted by Crippen LogP contribution is -2.26. The van der Waals surface area contributed by atoms with Crippen molar-refractivity contribution in [1.29, 1.82) is 0 Å². The molecule has 6 nitrogen and oxygen atoms in total. The van der Waals surface area contributed by atoms with Crippen LogP contribution in [0.4, 0.5) is 0 Å². The van der Waals surface area contributed by atoms with Gasteiger partial charge in [0.05, 0.1) is 15.4 Å². The molecule has 1 saturated heterocycles. The van der Waals surface area contributed by atoms with Crippen LogP contribution < -0.4 is 5.32 Å². The lowest BCUT2D eigenvalue weighted by atomic mass is 9.99. The fourth-order valence-corrected chi connectivity index (χ4v) is 5.55. The van der Waals surface area contributed by atoms with Crippen molar-refractivity contribution in [2.24, 2.45) is 0 Å². The molecule has 0 spiro atoms. The molecular weight excluding hydrogens is 356 g/mol. The van der Waals surface area contributed by atoms with Gasteiger partial charge in [0.15, 0.2) is 5.65 Å². The van der Waals surface area contributed by atoms with E-state index in [9.17, 15) is 0 Å². The predicted molar refractivity (Wildman–Crippen MR) is 110 cm³/mol. The number of aryl methyl sites for hydroxylation is 1. The molecule has 7 heteroatoms. The van der Waals surface area contributed by atoms with E-state index in [0.29, 0.717) is 11.8 Å². The molecule has 0 aliphatic carbocycles. The quantitative estimate of drug-likeness (QED) is 0.558. The Morgan fingerprint density at radius 3 is 2.85 bits per heavy atom. The number of fused-ring (bicyclic) bond motifs is 2. The number of pyridine rings is 1. The van der Waals surface area contributed by atoms with Crippen molar-refractivity contribution < 1.29 is 0 Å². The summed E-state index contributed by atoms with van der Waals surface area (Å²) in [7, 11) is 0. The van der Waals surface area contributed by atoms with Crippen LogP contribution in [0.25, 0.3) is 27.3 Å². The van der Waals surface area contributed by atoms with Crippen molar-refractivity contribution in [3.63, 3.8) is 0 Å². The summed E-state index contributed by atoms with van der Waals surface area (Å²) in [5.74, 6) is 1.01. The molecule has 1 fully saturated rings. The minimum atomic E-state index is 0.418. The van der Waals surface area contributed by atoms with Gasteiger partial charge in [0.1, 0.15) is 12.0 Å². The number of thiazole rings is 1. The van der Waals surface area contributed by atoms with Crippen LogP contribution in [0.5, 0.6) is 0 Å².